The van der Waals surface area contributed by atoms with Crippen molar-refractivity contribution in [3.05, 3.63) is 0 Å². The molecule has 4 saturated carbocycles. The molecule has 86 valence electrons. The molecule has 0 aliphatic heterocycles. The molecule has 0 N–H and O–H groups in total. The van der Waals surface area contributed by atoms with Gasteiger partial charge in [0.1, 0.15) is 0 Å². The molecular formula is C13H23BrSi. The molecule has 4 atom stereocenters. The van der Waals surface area contributed by atoms with Crippen molar-refractivity contribution in [3.8, 4) is 0 Å². The van der Waals surface area contributed by atoms with Crippen molar-refractivity contribution < 1.29 is 0 Å². The SMILES string of the molecule is C[Si](C)(C)C12C[C@@H]3C[C@@H](CC(Br)(C3)C1)C2. The van der Waals surface area contributed by atoms with E-state index in [0.29, 0.717) is 4.32 Å². The predicted octanol–water partition coefficient (Wildman–Crippen LogP) is 4.81. The van der Waals surface area contributed by atoms with Gasteiger partial charge in [-0.05, 0) is 55.4 Å². The van der Waals surface area contributed by atoms with Crippen molar-refractivity contribution in [1.29, 1.82) is 0 Å². The molecule has 2 heteroatoms. The van der Waals surface area contributed by atoms with Gasteiger partial charge in [0.15, 0.2) is 0 Å². The topological polar surface area (TPSA) is 0 Å². The Morgan fingerprint density at radius 3 is 1.93 bits per heavy atom. The van der Waals surface area contributed by atoms with Gasteiger partial charge in [-0.2, -0.15) is 0 Å². The molecular weight excluding hydrogens is 264 g/mol. The van der Waals surface area contributed by atoms with Gasteiger partial charge >= 0.3 is 0 Å². The summed E-state index contributed by atoms with van der Waals surface area (Å²) in [5.41, 5.74) is 0. The van der Waals surface area contributed by atoms with Crippen LogP contribution in [0.1, 0.15) is 38.5 Å². The monoisotopic (exact) mass is 286 g/mol. The average molecular weight is 287 g/mol. The van der Waals surface area contributed by atoms with Crippen molar-refractivity contribution in [2.75, 3.05) is 0 Å². The van der Waals surface area contributed by atoms with Crippen LogP contribution in [0.4, 0.5) is 0 Å². The van der Waals surface area contributed by atoms with E-state index in [1.54, 1.807) is 19.3 Å². The lowest BCUT2D eigenvalue weighted by Crippen LogP contribution is -2.57. The zero-order valence-electron chi connectivity index (χ0n) is 10.3. The quantitative estimate of drug-likeness (QED) is 0.479. The molecule has 4 rings (SSSR count). The Hall–Kier alpha value is 0.697. The molecule has 15 heavy (non-hydrogen) atoms. The highest BCUT2D eigenvalue weighted by Crippen LogP contribution is 2.70. The maximum Gasteiger partial charge on any atom is 0.0506 e. The fraction of sp³-hybridized carbons (Fsp3) is 1.00. The first-order valence-electron chi connectivity index (χ1n) is 6.51. The minimum atomic E-state index is -0.986. The Morgan fingerprint density at radius 1 is 1.00 bits per heavy atom. The number of alkyl halides is 1. The number of hydrogen-bond donors (Lipinski definition) is 0. The average Bonchev–Trinajstić information content (AvgIpc) is 1.95. The molecule has 0 aromatic heterocycles. The van der Waals surface area contributed by atoms with Gasteiger partial charge in [-0.3, -0.25) is 0 Å². The summed E-state index contributed by atoms with van der Waals surface area (Å²) in [6, 6.07) is 0. The van der Waals surface area contributed by atoms with E-state index in [9.17, 15) is 0 Å². The normalized spacial score (nSPS) is 53.6. The molecule has 0 aromatic carbocycles. The summed E-state index contributed by atoms with van der Waals surface area (Å²) in [5, 5.41) is 0.792. The van der Waals surface area contributed by atoms with Gasteiger partial charge in [0, 0.05) is 4.32 Å². The maximum absolute atomic E-state index is 4.11. The second kappa shape index (κ2) is 2.93. The van der Waals surface area contributed by atoms with E-state index in [1.807, 2.05) is 0 Å². The number of rotatable bonds is 1. The Balaban J connectivity index is 2.00. The lowest BCUT2D eigenvalue weighted by atomic mass is 9.55. The number of hydrogen-bond acceptors (Lipinski definition) is 0. The fourth-order valence-electron chi connectivity index (χ4n) is 5.03. The second-order valence-corrected chi connectivity index (χ2v) is 14.9. The zero-order chi connectivity index (χ0) is 10.9. The van der Waals surface area contributed by atoms with Crippen LogP contribution in [-0.2, 0) is 0 Å². The van der Waals surface area contributed by atoms with Gasteiger partial charge in [0.25, 0.3) is 0 Å². The molecule has 0 saturated heterocycles. The molecule has 0 radical (unpaired) electrons. The first-order chi connectivity index (χ1) is 6.82. The molecule has 0 spiro atoms. The van der Waals surface area contributed by atoms with Crippen LogP contribution in [0.25, 0.3) is 0 Å². The molecule has 4 fully saturated rings. The third kappa shape index (κ3) is 1.50. The van der Waals surface area contributed by atoms with Gasteiger partial charge in [-0.1, -0.05) is 35.6 Å². The fourth-order valence-corrected chi connectivity index (χ4v) is 9.41. The third-order valence-electron chi connectivity index (χ3n) is 5.58. The van der Waals surface area contributed by atoms with Crippen LogP contribution in [0, 0.1) is 11.8 Å². The highest BCUT2D eigenvalue weighted by molar-refractivity contribution is 9.10. The van der Waals surface area contributed by atoms with E-state index < -0.39 is 8.07 Å². The minimum absolute atomic E-state index is 0.567. The highest BCUT2D eigenvalue weighted by atomic mass is 79.9. The minimum Gasteiger partial charge on any atom is -0.0853 e. The molecule has 4 aliphatic rings. The lowest BCUT2D eigenvalue weighted by molar-refractivity contribution is 0.0468. The van der Waals surface area contributed by atoms with Crippen LogP contribution in [0.5, 0.6) is 0 Å². The summed E-state index contributed by atoms with van der Waals surface area (Å²) < 4.78 is 0.567. The van der Waals surface area contributed by atoms with E-state index in [0.717, 1.165) is 16.9 Å². The van der Waals surface area contributed by atoms with Gasteiger partial charge in [-0.15, -0.1) is 0 Å². The molecule has 4 bridgehead atoms. The van der Waals surface area contributed by atoms with Crippen LogP contribution >= 0.6 is 15.9 Å². The van der Waals surface area contributed by atoms with E-state index in [1.165, 1.54) is 19.3 Å². The van der Waals surface area contributed by atoms with Crippen LogP contribution in [-0.4, -0.2) is 12.4 Å². The summed E-state index contributed by atoms with van der Waals surface area (Å²) in [4.78, 5) is 0. The van der Waals surface area contributed by atoms with Crippen molar-refractivity contribution in [1.82, 2.24) is 0 Å². The first kappa shape index (κ1) is 10.8. The van der Waals surface area contributed by atoms with E-state index in [2.05, 4.69) is 35.6 Å². The number of halogens is 1. The van der Waals surface area contributed by atoms with Crippen molar-refractivity contribution >= 4 is 24.0 Å². The van der Waals surface area contributed by atoms with Crippen LogP contribution < -0.4 is 0 Å². The Bertz CT molecular complexity index is 277. The Labute approximate surface area is 103 Å². The van der Waals surface area contributed by atoms with E-state index in [4.69, 9.17) is 0 Å². The van der Waals surface area contributed by atoms with Crippen molar-refractivity contribution in [3.63, 3.8) is 0 Å². The summed E-state index contributed by atoms with van der Waals surface area (Å²) in [6.07, 6.45) is 9.17. The molecule has 0 heterocycles. The summed E-state index contributed by atoms with van der Waals surface area (Å²) in [5.74, 6) is 2.13. The van der Waals surface area contributed by atoms with Crippen LogP contribution in [0.15, 0.2) is 0 Å². The van der Waals surface area contributed by atoms with Gasteiger partial charge < -0.3 is 0 Å². The van der Waals surface area contributed by atoms with Gasteiger partial charge in [0.2, 0.25) is 0 Å². The van der Waals surface area contributed by atoms with E-state index >= 15 is 0 Å². The molecule has 0 aromatic rings. The molecule has 4 aliphatic carbocycles. The summed E-state index contributed by atoms with van der Waals surface area (Å²) in [6.45, 7) is 7.82. The van der Waals surface area contributed by atoms with Crippen molar-refractivity contribution in [2.24, 2.45) is 11.8 Å². The van der Waals surface area contributed by atoms with Crippen molar-refractivity contribution in [2.45, 2.75) is 67.5 Å². The smallest absolute Gasteiger partial charge is 0.0506 e. The second-order valence-electron chi connectivity index (χ2n) is 7.64. The third-order valence-corrected chi connectivity index (χ3v) is 10.3. The lowest BCUT2D eigenvalue weighted by Gasteiger charge is -2.64. The summed E-state index contributed by atoms with van der Waals surface area (Å²) in [7, 11) is -0.986. The maximum atomic E-state index is 4.11. The van der Waals surface area contributed by atoms with Crippen LogP contribution in [0.2, 0.25) is 24.7 Å². The standard InChI is InChI=1S/C13H23BrSi/c1-15(2,3)13-7-10-4-11(8-13)6-12(14,5-10)9-13/h10-11H,4-9H2,1-3H3/t10-,11+,12?,13?. The Kier molecular flexibility index (Phi) is 2.11. The Morgan fingerprint density at radius 2 is 1.53 bits per heavy atom. The summed E-state index contributed by atoms with van der Waals surface area (Å²) >= 11 is 4.11. The molecule has 0 nitrogen and oxygen atoms in total. The predicted molar refractivity (Wildman–Crippen MR) is 72.4 cm³/mol. The first-order valence-corrected chi connectivity index (χ1v) is 10.8. The molecule has 0 amide bonds. The molecule has 2 unspecified atom stereocenters. The van der Waals surface area contributed by atoms with Gasteiger partial charge in [-0.25, -0.2) is 0 Å². The largest absolute Gasteiger partial charge is 0.0853 e. The van der Waals surface area contributed by atoms with Gasteiger partial charge in [0.05, 0.1) is 8.07 Å². The van der Waals surface area contributed by atoms with E-state index in [-0.39, 0.29) is 0 Å². The zero-order valence-corrected chi connectivity index (χ0v) is 12.9. The van der Waals surface area contributed by atoms with Crippen LogP contribution in [0.3, 0.4) is 0 Å². The highest BCUT2D eigenvalue weighted by Gasteiger charge is 2.60.